The molecular weight excluding hydrogens is 242 g/mol. The van der Waals surface area contributed by atoms with E-state index in [2.05, 4.69) is 29.4 Å². The summed E-state index contributed by atoms with van der Waals surface area (Å²) in [6, 6.07) is 3.85. The lowest BCUT2D eigenvalue weighted by atomic mass is 9.93. The predicted molar refractivity (Wildman–Crippen MR) is 69.7 cm³/mol. The van der Waals surface area contributed by atoms with Gasteiger partial charge in [-0.1, -0.05) is 6.92 Å². The van der Waals surface area contributed by atoms with Gasteiger partial charge in [-0.25, -0.2) is 0 Å². The van der Waals surface area contributed by atoms with Crippen LogP contribution in [-0.4, -0.2) is 43.4 Å². The molecule has 100 valence electrons. The van der Waals surface area contributed by atoms with Gasteiger partial charge in [0.15, 0.2) is 5.65 Å². The number of carbonyl (C=O) groups excluding carboxylic acids is 1. The van der Waals surface area contributed by atoms with Gasteiger partial charge in [-0.05, 0) is 48.2 Å². The lowest BCUT2D eigenvalue weighted by Gasteiger charge is -2.36. The van der Waals surface area contributed by atoms with Crippen LogP contribution in [0.25, 0.3) is 5.65 Å². The fourth-order valence-electron chi connectivity index (χ4n) is 2.74. The second-order valence-electron chi connectivity index (χ2n) is 5.38. The van der Waals surface area contributed by atoms with Crippen LogP contribution in [0.3, 0.4) is 0 Å². The monoisotopic (exact) mass is 259 g/mol. The first-order valence-electron chi connectivity index (χ1n) is 6.64. The minimum atomic E-state index is 0.0665. The normalized spacial score (nSPS) is 23.8. The molecule has 2 aromatic rings. The van der Waals surface area contributed by atoms with Crippen molar-refractivity contribution in [3.8, 4) is 0 Å². The van der Waals surface area contributed by atoms with Gasteiger partial charge in [0.25, 0.3) is 5.91 Å². The first-order valence-corrected chi connectivity index (χ1v) is 6.64. The van der Waals surface area contributed by atoms with Crippen molar-refractivity contribution < 1.29 is 4.79 Å². The lowest BCUT2D eigenvalue weighted by molar-refractivity contribution is 0.0588. The zero-order chi connectivity index (χ0) is 13.4. The molecule has 0 radical (unpaired) electrons. The molecule has 0 spiro atoms. The van der Waals surface area contributed by atoms with Crippen LogP contribution in [0.2, 0.25) is 0 Å². The quantitative estimate of drug-likeness (QED) is 0.776. The Balaban J connectivity index is 1.86. The van der Waals surface area contributed by atoms with Crippen molar-refractivity contribution in [2.75, 3.05) is 6.54 Å². The Morgan fingerprint density at radius 1 is 1.37 bits per heavy atom. The number of carbonyl (C=O) groups is 1. The topological polar surface area (TPSA) is 63.4 Å². The molecule has 1 aliphatic heterocycles. The van der Waals surface area contributed by atoms with Crippen molar-refractivity contribution in [1.29, 1.82) is 0 Å². The summed E-state index contributed by atoms with van der Waals surface area (Å²) < 4.78 is 1.53. The smallest absolute Gasteiger partial charge is 0.255 e. The Kier molecular flexibility index (Phi) is 2.93. The molecular formula is C13H17N5O. The number of likely N-dealkylation sites (tertiary alicyclic amines) is 1. The van der Waals surface area contributed by atoms with E-state index >= 15 is 0 Å². The number of fused-ring (bicyclic) bond motifs is 1. The van der Waals surface area contributed by atoms with E-state index in [0.29, 0.717) is 23.2 Å². The minimum Gasteiger partial charge on any atom is -0.336 e. The number of rotatable bonds is 1. The fourth-order valence-corrected chi connectivity index (χ4v) is 2.74. The average Bonchev–Trinajstić information content (AvgIpc) is 2.85. The lowest BCUT2D eigenvalue weighted by Crippen LogP contribution is -2.44. The Morgan fingerprint density at radius 2 is 2.21 bits per heavy atom. The number of pyridine rings is 1. The third-order valence-electron chi connectivity index (χ3n) is 3.84. The van der Waals surface area contributed by atoms with E-state index in [1.54, 1.807) is 18.3 Å². The molecule has 0 aromatic carbocycles. The van der Waals surface area contributed by atoms with Crippen molar-refractivity contribution in [2.24, 2.45) is 5.92 Å². The number of amides is 1. The van der Waals surface area contributed by atoms with Crippen LogP contribution in [-0.2, 0) is 0 Å². The Bertz CT molecular complexity index is 608. The predicted octanol–water partition coefficient (Wildman–Crippen LogP) is 1.38. The van der Waals surface area contributed by atoms with E-state index in [-0.39, 0.29) is 5.91 Å². The summed E-state index contributed by atoms with van der Waals surface area (Å²) in [5.41, 5.74) is 1.29. The summed E-state index contributed by atoms with van der Waals surface area (Å²) in [7, 11) is 0. The van der Waals surface area contributed by atoms with Gasteiger partial charge in [0.05, 0.1) is 5.56 Å². The van der Waals surface area contributed by atoms with Crippen LogP contribution in [0.5, 0.6) is 0 Å². The maximum absolute atomic E-state index is 12.5. The SMILES string of the molecule is C[C@@H]1CCN(C(=O)c2ccc3nnnn3c2)[C@@H](C)C1. The van der Waals surface area contributed by atoms with Gasteiger partial charge < -0.3 is 4.90 Å². The van der Waals surface area contributed by atoms with Crippen LogP contribution < -0.4 is 0 Å². The van der Waals surface area contributed by atoms with E-state index in [1.807, 2.05) is 4.90 Å². The molecule has 1 aliphatic rings. The van der Waals surface area contributed by atoms with Gasteiger partial charge in [0.1, 0.15) is 0 Å². The van der Waals surface area contributed by atoms with E-state index in [4.69, 9.17) is 0 Å². The number of hydrogen-bond donors (Lipinski definition) is 0. The first kappa shape index (κ1) is 12.1. The van der Waals surface area contributed by atoms with Crippen molar-refractivity contribution in [3.63, 3.8) is 0 Å². The number of aromatic nitrogens is 4. The maximum atomic E-state index is 12.5. The highest BCUT2D eigenvalue weighted by Crippen LogP contribution is 2.23. The minimum absolute atomic E-state index is 0.0665. The molecule has 6 heteroatoms. The van der Waals surface area contributed by atoms with Crippen LogP contribution in [0, 0.1) is 5.92 Å². The highest BCUT2D eigenvalue weighted by molar-refractivity contribution is 5.94. The van der Waals surface area contributed by atoms with Crippen molar-refractivity contribution in [3.05, 3.63) is 23.9 Å². The van der Waals surface area contributed by atoms with Crippen LogP contribution in [0.15, 0.2) is 18.3 Å². The molecule has 3 heterocycles. The molecule has 2 atom stereocenters. The number of piperidine rings is 1. The second kappa shape index (κ2) is 4.60. The van der Waals surface area contributed by atoms with Crippen LogP contribution in [0.1, 0.15) is 37.0 Å². The summed E-state index contributed by atoms with van der Waals surface area (Å²) in [6.07, 6.45) is 3.84. The molecule has 0 aliphatic carbocycles. The molecule has 0 bridgehead atoms. The van der Waals surface area contributed by atoms with Crippen molar-refractivity contribution in [1.82, 2.24) is 24.9 Å². The van der Waals surface area contributed by atoms with Crippen molar-refractivity contribution in [2.45, 2.75) is 32.7 Å². The van der Waals surface area contributed by atoms with E-state index < -0.39 is 0 Å². The largest absolute Gasteiger partial charge is 0.336 e. The molecule has 0 N–H and O–H groups in total. The van der Waals surface area contributed by atoms with Gasteiger partial charge in [-0.2, -0.15) is 4.52 Å². The van der Waals surface area contributed by atoms with Gasteiger partial charge in [-0.3, -0.25) is 4.79 Å². The molecule has 1 saturated heterocycles. The molecule has 1 amide bonds. The summed E-state index contributed by atoms with van der Waals surface area (Å²) in [6.45, 7) is 5.18. The van der Waals surface area contributed by atoms with E-state index in [9.17, 15) is 4.79 Å². The standard InChI is InChI=1S/C13H17N5O/c1-9-5-6-17(10(2)7-9)13(19)11-3-4-12-14-15-16-18(12)8-11/h3-4,8-10H,5-7H2,1-2H3/t9-,10+/m1/s1. The Labute approximate surface area is 111 Å². The van der Waals surface area contributed by atoms with E-state index in [1.165, 1.54) is 4.52 Å². The summed E-state index contributed by atoms with van der Waals surface area (Å²) >= 11 is 0. The maximum Gasteiger partial charge on any atom is 0.255 e. The summed E-state index contributed by atoms with van der Waals surface area (Å²) in [5, 5.41) is 11.2. The third-order valence-corrected chi connectivity index (χ3v) is 3.84. The fraction of sp³-hybridized carbons (Fsp3) is 0.538. The molecule has 2 aromatic heterocycles. The van der Waals surface area contributed by atoms with Crippen LogP contribution >= 0.6 is 0 Å². The molecule has 3 rings (SSSR count). The molecule has 6 nitrogen and oxygen atoms in total. The zero-order valence-corrected chi connectivity index (χ0v) is 11.2. The summed E-state index contributed by atoms with van der Waals surface area (Å²) in [5.74, 6) is 0.762. The second-order valence-corrected chi connectivity index (χ2v) is 5.38. The van der Waals surface area contributed by atoms with Crippen LogP contribution in [0.4, 0.5) is 0 Å². The first-order chi connectivity index (χ1) is 9.15. The molecule has 0 unspecified atom stereocenters. The zero-order valence-electron chi connectivity index (χ0n) is 11.2. The average molecular weight is 259 g/mol. The number of nitrogens with zero attached hydrogens (tertiary/aromatic N) is 5. The van der Waals surface area contributed by atoms with Gasteiger partial charge >= 0.3 is 0 Å². The highest BCUT2D eigenvalue weighted by Gasteiger charge is 2.27. The summed E-state index contributed by atoms with van der Waals surface area (Å²) in [4.78, 5) is 14.5. The highest BCUT2D eigenvalue weighted by atomic mass is 16.2. The molecule has 0 saturated carbocycles. The Morgan fingerprint density at radius 3 is 3.00 bits per heavy atom. The number of hydrogen-bond acceptors (Lipinski definition) is 4. The molecule has 19 heavy (non-hydrogen) atoms. The Hall–Kier alpha value is -1.98. The van der Waals surface area contributed by atoms with E-state index in [0.717, 1.165) is 19.4 Å². The van der Waals surface area contributed by atoms with Crippen molar-refractivity contribution >= 4 is 11.6 Å². The van der Waals surface area contributed by atoms with Gasteiger partial charge in [0.2, 0.25) is 0 Å². The molecule has 1 fully saturated rings. The third kappa shape index (κ3) is 2.18. The van der Waals surface area contributed by atoms with Gasteiger partial charge in [-0.15, -0.1) is 5.10 Å². The number of tetrazole rings is 1. The van der Waals surface area contributed by atoms with Gasteiger partial charge in [0, 0.05) is 18.8 Å².